The maximum atomic E-state index is 12.6. The molecule has 1 aliphatic heterocycles. The minimum absolute atomic E-state index is 0.211. The summed E-state index contributed by atoms with van der Waals surface area (Å²) in [6.45, 7) is -0.211. The quantitative estimate of drug-likeness (QED) is 0.546. The first-order chi connectivity index (χ1) is 5.72. The van der Waals surface area contributed by atoms with Gasteiger partial charge in [-0.2, -0.15) is 13.2 Å². The maximum Gasteiger partial charge on any atom is 0.404 e. The van der Waals surface area contributed by atoms with Crippen molar-refractivity contribution >= 4 is 0 Å². The van der Waals surface area contributed by atoms with Gasteiger partial charge in [0.25, 0.3) is 5.92 Å². The Balaban J connectivity index is 2.72. The van der Waals surface area contributed by atoms with Crippen molar-refractivity contribution in [1.29, 1.82) is 0 Å². The zero-order valence-electron chi connectivity index (χ0n) is 7.04. The van der Waals surface area contributed by atoms with Crippen LogP contribution in [0.25, 0.3) is 0 Å². The van der Waals surface area contributed by atoms with Gasteiger partial charge in [-0.25, -0.2) is 8.78 Å². The number of rotatable bonds is 0. The fourth-order valence-corrected chi connectivity index (χ4v) is 1.40. The van der Waals surface area contributed by atoms with Crippen molar-refractivity contribution in [3.05, 3.63) is 0 Å². The van der Waals surface area contributed by atoms with Crippen molar-refractivity contribution in [2.75, 3.05) is 13.6 Å². The molecule has 1 nitrogen and oxygen atoms in total. The summed E-state index contributed by atoms with van der Waals surface area (Å²) < 4.78 is 61.7. The lowest BCUT2D eigenvalue weighted by Gasteiger charge is -2.37. The van der Waals surface area contributed by atoms with Gasteiger partial charge in [0.1, 0.15) is 6.04 Å². The van der Waals surface area contributed by atoms with Crippen LogP contribution in [0.2, 0.25) is 0 Å². The molecule has 1 unspecified atom stereocenters. The molecule has 0 aromatic heterocycles. The molecule has 1 heterocycles. The van der Waals surface area contributed by atoms with E-state index in [0.717, 1.165) is 4.90 Å². The average molecular weight is 203 g/mol. The summed E-state index contributed by atoms with van der Waals surface area (Å²) in [5, 5.41) is 0. The molecule has 0 aromatic carbocycles. The van der Waals surface area contributed by atoms with Crippen LogP contribution in [0.4, 0.5) is 22.0 Å². The van der Waals surface area contributed by atoms with Crippen LogP contribution in [0.15, 0.2) is 0 Å². The SMILES string of the molecule is CN1CCC(F)(F)CC1C(F)(F)F. The maximum absolute atomic E-state index is 12.6. The summed E-state index contributed by atoms with van der Waals surface area (Å²) >= 11 is 0. The van der Waals surface area contributed by atoms with Gasteiger partial charge in [0.15, 0.2) is 0 Å². The second-order valence-electron chi connectivity index (χ2n) is 3.35. The lowest BCUT2D eigenvalue weighted by molar-refractivity contribution is -0.214. The highest BCUT2D eigenvalue weighted by Gasteiger charge is 2.51. The Labute approximate surface area is 72.5 Å². The van der Waals surface area contributed by atoms with Crippen molar-refractivity contribution < 1.29 is 22.0 Å². The lowest BCUT2D eigenvalue weighted by Crippen LogP contribution is -2.52. The van der Waals surface area contributed by atoms with Crippen LogP contribution in [0.5, 0.6) is 0 Å². The molecule has 78 valence electrons. The third-order valence-electron chi connectivity index (χ3n) is 2.23. The third-order valence-corrected chi connectivity index (χ3v) is 2.23. The van der Waals surface area contributed by atoms with Crippen LogP contribution in [-0.2, 0) is 0 Å². The predicted octanol–water partition coefficient (Wildman–Crippen LogP) is 2.28. The van der Waals surface area contributed by atoms with Crippen molar-refractivity contribution in [2.45, 2.75) is 31.0 Å². The van der Waals surface area contributed by atoms with E-state index in [4.69, 9.17) is 0 Å². The van der Waals surface area contributed by atoms with E-state index < -0.39 is 31.0 Å². The first-order valence-electron chi connectivity index (χ1n) is 3.87. The van der Waals surface area contributed by atoms with Crippen molar-refractivity contribution in [1.82, 2.24) is 4.90 Å². The minimum Gasteiger partial charge on any atom is -0.295 e. The van der Waals surface area contributed by atoms with E-state index in [-0.39, 0.29) is 6.54 Å². The Bertz CT molecular complexity index is 188. The van der Waals surface area contributed by atoms with Crippen molar-refractivity contribution in [3.63, 3.8) is 0 Å². The second kappa shape index (κ2) is 3.08. The van der Waals surface area contributed by atoms with Gasteiger partial charge < -0.3 is 0 Å². The van der Waals surface area contributed by atoms with Crippen LogP contribution in [-0.4, -0.2) is 36.6 Å². The van der Waals surface area contributed by atoms with Gasteiger partial charge in [-0.3, -0.25) is 4.90 Å². The Morgan fingerprint density at radius 2 is 1.85 bits per heavy atom. The highest BCUT2D eigenvalue weighted by atomic mass is 19.4. The summed E-state index contributed by atoms with van der Waals surface area (Å²) in [5.74, 6) is -3.17. The van der Waals surface area contributed by atoms with E-state index in [2.05, 4.69) is 0 Å². The van der Waals surface area contributed by atoms with Crippen molar-refractivity contribution in [3.8, 4) is 0 Å². The van der Waals surface area contributed by atoms with Crippen LogP contribution in [0, 0.1) is 0 Å². The molecule has 1 saturated heterocycles. The third kappa shape index (κ3) is 2.52. The molecule has 0 amide bonds. The zero-order valence-corrected chi connectivity index (χ0v) is 7.04. The molecule has 0 aliphatic carbocycles. The molecule has 1 rings (SSSR count). The van der Waals surface area contributed by atoms with E-state index in [0.29, 0.717) is 0 Å². The predicted molar refractivity (Wildman–Crippen MR) is 36.7 cm³/mol. The summed E-state index contributed by atoms with van der Waals surface area (Å²) in [4.78, 5) is 0.928. The van der Waals surface area contributed by atoms with Gasteiger partial charge in [-0.1, -0.05) is 0 Å². The molecule has 1 aliphatic rings. The largest absolute Gasteiger partial charge is 0.404 e. The van der Waals surface area contributed by atoms with E-state index in [9.17, 15) is 22.0 Å². The fourth-order valence-electron chi connectivity index (χ4n) is 1.40. The molecule has 0 bridgehead atoms. The lowest BCUT2D eigenvalue weighted by atomic mass is 9.99. The molecular formula is C7H10F5N. The number of alkyl halides is 5. The smallest absolute Gasteiger partial charge is 0.295 e. The van der Waals surface area contributed by atoms with E-state index >= 15 is 0 Å². The van der Waals surface area contributed by atoms with Crippen LogP contribution in [0.3, 0.4) is 0 Å². The first-order valence-corrected chi connectivity index (χ1v) is 3.87. The molecule has 6 heteroatoms. The van der Waals surface area contributed by atoms with Crippen LogP contribution >= 0.6 is 0 Å². The number of nitrogens with zero attached hydrogens (tertiary/aromatic N) is 1. The number of piperidine rings is 1. The topological polar surface area (TPSA) is 3.24 Å². The molecule has 0 radical (unpaired) electrons. The standard InChI is InChI=1S/C7H10F5N/c1-13-3-2-6(8,9)4-5(13)7(10,11)12/h5H,2-4H2,1H3. The number of likely N-dealkylation sites (tertiary alicyclic amines) is 1. The Kier molecular flexibility index (Phi) is 2.53. The van der Waals surface area contributed by atoms with Gasteiger partial charge in [0, 0.05) is 19.4 Å². The van der Waals surface area contributed by atoms with Crippen molar-refractivity contribution in [2.24, 2.45) is 0 Å². The number of hydrogen-bond acceptors (Lipinski definition) is 1. The molecule has 1 atom stereocenters. The molecule has 0 N–H and O–H groups in total. The van der Waals surface area contributed by atoms with Gasteiger partial charge >= 0.3 is 6.18 Å². The monoisotopic (exact) mass is 203 g/mol. The molecule has 13 heavy (non-hydrogen) atoms. The van der Waals surface area contributed by atoms with E-state index in [1.54, 1.807) is 0 Å². The normalized spacial score (nSPS) is 30.5. The molecule has 0 aromatic rings. The van der Waals surface area contributed by atoms with Gasteiger partial charge in [0.05, 0.1) is 0 Å². The highest BCUT2D eigenvalue weighted by Crippen LogP contribution is 2.38. The fraction of sp³-hybridized carbons (Fsp3) is 1.00. The Morgan fingerprint density at radius 3 is 2.23 bits per heavy atom. The van der Waals surface area contributed by atoms with Gasteiger partial charge in [0.2, 0.25) is 0 Å². The van der Waals surface area contributed by atoms with Gasteiger partial charge in [-0.05, 0) is 7.05 Å². The molecule has 0 spiro atoms. The Hall–Kier alpha value is -0.390. The van der Waals surface area contributed by atoms with Crippen LogP contribution in [0.1, 0.15) is 12.8 Å². The highest BCUT2D eigenvalue weighted by molar-refractivity contribution is 4.88. The van der Waals surface area contributed by atoms with E-state index in [1.165, 1.54) is 7.05 Å². The zero-order chi connectivity index (χ0) is 10.3. The van der Waals surface area contributed by atoms with Crippen LogP contribution < -0.4 is 0 Å². The molecular weight excluding hydrogens is 193 g/mol. The summed E-state index contributed by atoms with van der Waals surface area (Å²) in [5.41, 5.74) is 0. The molecule has 0 saturated carbocycles. The van der Waals surface area contributed by atoms with E-state index in [1.807, 2.05) is 0 Å². The van der Waals surface area contributed by atoms with Gasteiger partial charge in [-0.15, -0.1) is 0 Å². The number of halogens is 5. The Morgan fingerprint density at radius 1 is 1.31 bits per heavy atom. The summed E-state index contributed by atoms with van der Waals surface area (Å²) in [6.07, 6.45) is -6.16. The summed E-state index contributed by atoms with van der Waals surface area (Å²) in [7, 11) is 1.22. The molecule has 1 fully saturated rings. The average Bonchev–Trinajstić information content (AvgIpc) is 1.92. The minimum atomic E-state index is -4.56. The number of hydrogen-bond donors (Lipinski definition) is 0. The summed E-state index contributed by atoms with van der Waals surface area (Å²) in [6, 6.07) is -2.00. The first kappa shape index (κ1) is 10.7. The second-order valence-corrected chi connectivity index (χ2v) is 3.35.